The van der Waals surface area contributed by atoms with Crippen molar-refractivity contribution in [2.24, 2.45) is 10.9 Å². The van der Waals surface area contributed by atoms with Crippen LogP contribution in [-0.4, -0.2) is 5.71 Å². The monoisotopic (exact) mass is 227 g/mol. The zero-order valence-corrected chi connectivity index (χ0v) is 11.0. The summed E-state index contributed by atoms with van der Waals surface area (Å²) in [6.07, 6.45) is 11.2. The fourth-order valence-electron chi connectivity index (χ4n) is 1.59. The van der Waals surface area contributed by atoms with Crippen molar-refractivity contribution in [1.29, 1.82) is 0 Å². The molecule has 1 unspecified atom stereocenters. The van der Waals surface area contributed by atoms with Gasteiger partial charge in [-0.1, -0.05) is 43.0 Å². The summed E-state index contributed by atoms with van der Waals surface area (Å²) in [6.45, 7) is 14.0. The molecule has 0 amide bonds. The van der Waals surface area contributed by atoms with E-state index in [9.17, 15) is 0 Å². The summed E-state index contributed by atoms with van der Waals surface area (Å²) in [4.78, 5) is 4.42. The van der Waals surface area contributed by atoms with Gasteiger partial charge in [0.1, 0.15) is 0 Å². The van der Waals surface area contributed by atoms with Crippen LogP contribution in [0.2, 0.25) is 0 Å². The lowest BCUT2D eigenvalue weighted by atomic mass is 9.82. The van der Waals surface area contributed by atoms with Gasteiger partial charge in [-0.05, 0) is 38.3 Å². The molecular weight excluding hydrogens is 206 g/mol. The van der Waals surface area contributed by atoms with E-state index in [1.807, 2.05) is 39.1 Å². The van der Waals surface area contributed by atoms with Gasteiger partial charge in [0.2, 0.25) is 0 Å². The molecule has 0 heterocycles. The van der Waals surface area contributed by atoms with Crippen LogP contribution in [0.4, 0.5) is 0 Å². The summed E-state index contributed by atoms with van der Waals surface area (Å²) in [7, 11) is 0. The molecule has 90 valence electrons. The fourth-order valence-corrected chi connectivity index (χ4v) is 1.59. The average molecular weight is 227 g/mol. The lowest BCUT2D eigenvalue weighted by Gasteiger charge is -2.23. The van der Waals surface area contributed by atoms with Gasteiger partial charge in [-0.25, -0.2) is 0 Å². The smallest absolute Gasteiger partial charge is 0.0441 e. The summed E-state index contributed by atoms with van der Waals surface area (Å²) < 4.78 is 0. The SMILES string of the molecule is C=C/C=C(\C(=C)/C(C)=N/C=C(C)C)C1C=CC1. The predicted octanol–water partition coefficient (Wildman–Crippen LogP) is 4.62. The molecule has 0 aromatic heterocycles. The van der Waals surface area contributed by atoms with Gasteiger partial charge >= 0.3 is 0 Å². The van der Waals surface area contributed by atoms with Crippen LogP contribution in [0.15, 0.2) is 65.4 Å². The Morgan fingerprint density at radius 3 is 2.41 bits per heavy atom. The molecule has 0 saturated heterocycles. The minimum Gasteiger partial charge on any atom is -0.261 e. The number of hydrogen-bond donors (Lipinski definition) is 0. The summed E-state index contributed by atoms with van der Waals surface area (Å²) >= 11 is 0. The number of allylic oxidation sites excluding steroid dienone is 7. The van der Waals surface area contributed by atoms with Crippen LogP contribution in [0.1, 0.15) is 27.2 Å². The van der Waals surface area contributed by atoms with Gasteiger partial charge in [-0.2, -0.15) is 0 Å². The molecule has 0 aliphatic heterocycles. The topological polar surface area (TPSA) is 12.4 Å². The van der Waals surface area contributed by atoms with Crippen molar-refractivity contribution in [2.75, 3.05) is 0 Å². The van der Waals surface area contributed by atoms with Crippen LogP contribution >= 0.6 is 0 Å². The highest BCUT2D eigenvalue weighted by Crippen LogP contribution is 2.30. The maximum absolute atomic E-state index is 4.42. The van der Waals surface area contributed by atoms with Crippen molar-refractivity contribution in [3.05, 3.63) is 60.4 Å². The van der Waals surface area contributed by atoms with Crippen molar-refractivity contribution >= 4 is 5.71 Å². The molecule has 0 N–H and O–H groups in total. The first-order valence-corrected chi connectivity index (χ1v) is 5.93. The van der Waals surface area contributed by atoms with Crippen molar-refractivity contribution in [2.45, 2.75) is 27.2 Å². The Bertz CT molecular complexity index is 426. The first-order valence-electron chi connectivity index (χ1n) is 5.93. The molecule has 1 atom stereocenters. The van der Waals surface area contributed by atoms with Crippen LogP contribution in [-0.2, 0) is 0 Å². The third-order valence-electron chi connectivity index (χ3n) is 2.76. The van der Waals surface area contributed by atoms with Gasteiger partial charge in [-0.3, -0.25) is 4.99 Å². The Labute approximate surface area is 105 Å². The summed E-state index contributed by atoms with van der Waals surface area (Å²) in [5.41, 5.74) is 4.40. The van der Waals surface area contributed by atoms with Gasteiger partial charge in [0, 0.05) is 17.8 Å². The molecule has 1 aliphatic carbocycles. The lowest BCUT2D eigenvalue weighted by molar-refractivity contribution is 0.724. The van der Waals surface area contributed by atoms with E-state index in [0.717, 1.165) is 17.7 Å². The maximum atomic E-state index is 4.42. The standard InChI is InChI=1S/C16H21N/c1-6-8-16(15-9-7-10-15)13(4)14(5)17-11-12(2)3/h6-9,11,15H,1,4,10H2,2-3,5H3/b16-8+,17-14+. The van der Waals surface area contributed by atoms with Crippen LogP contribution in [0, 0.1) is 5.92 Å². The zero-order chi connectivity index (χ0) is 12.8. The Morgan fingerprint density at radius 2 is 2.00 bits per heavy atom. The molecule has 0 aromatic carbocycles. The number of aliphatic imine (C=N–C) groups is 1. The number of rotatable bonds is 5. The first-order chi connectivity index (χ1) is 8.06. The Kier molecular flexibility index (Phi) is 4.89. The summed E-state index contributed by atoms with van der Waals surface area (Å²) in [5, 5.41) is 0. The molecule has 0 bridgehead atoms. The fraction of sp³-hybridized carbons (Fsp3) is 0.312. The van der Waals surface area contributed by atoms with Gasteiger partial charge in [0.15, 0.2) is 0 Å². The molecule has 1 aliphatic rings. The van der Waals surface area contributed by atoms with Crippen molar-refractivity contribution in [3.63, 3.8) is 0 Å². The summed E-state index contributed by atoms with van der Waals surface area (Å²) in [6, 6.07) is 0. The van der Waals surface area contributed by atoms with E-state index in [4.69, 9.17) is 0 Å². The Hall–Kier alpha value is -1.63. The molecular formula is C16H21N. The zero-order valence-electron chi connectivity index (χ0n) is 11.0. The van der Waals surface area contributed by atoms with Crippen LogP contribution in [0.25, 0.3) is 0 Å². The van der Waals surface area contributed by atoms with Gasteiger partial charge in [-0.15, -0.1) is 0 Å². The van der Waals surface area contributed by atoms with Gasteiger partial charge < -0.3 is 0 Å². The average Bonchev–Trinajstić information content (AvgIpc) is 2.21. The van der Waals surface area contributed by atoms with Gasteiger partial charge in [0.05, 0.1) is 0 Å². The highest BCUT2D eigenvalue weighted by molar-refractivity contribution is 6.02. The second-order valence-electron chi connectivity index (χ2n) is 4.53. The number of hydrogen-bond acceptors (Lipinski definition) is 1. The normalized spacial score (nSPS) is 19.6. The second kappa shape index (κ2) is 6.19. The Morgan fingerprint density at radius 1 is 1.35 bits per heavy atom. The molecule has 0 aromatic rings. The van der Waals surface area contributed by atoms with Crippen LogP contribution in [0.5, 0.6) is 0 Å². The quantitative estimate of drug-likeness (QED) is 0.369. The first kappa shape index (κ1) is 13.4. The molecule has 17 heavy (non-hydrogen) atoms. The molecule has 1 nitrogen and oxygen atoms in total. The maximum Gasteiger partial charge on any atom is 0.0441 e. The third-order valence-corrected chi connectivity index (χ3v) is 2.76. The van der Waals surface area contributed by atoms with E-state index >= 15 is 0 Å². The van der Waals surface area contributed by atoms with Crippen LogP contribution < -0.4 is 0 Å². The highest BCUT2D eigenvalue weighted by atomic mass is 14.7. The molecule has 1 rings (SSSR count). The van der Waals surface area contributed by atoms with Crippen LogP contribution in [0.3, 0.4) is 0 Å². The second-order valence-corrected chi connectivity index (χ2v) is 4.53. The largest absolute Gasteiger partial charge is 0.261 e. The van der Waals surface area contributed by atoms with Gasteiger partial charge in [0.25, 0.3) is 0 Å². The van der Waals surface area contributed by atoms with E-state index in [0.29, 0.717) is 5.92 Å². The molecule has 0 radical (unpaired) electrons. The minimum atomic E-state index is 0.484. The van der Waals surface area contributed by atoms with Crippen molar-refractivity contribution in [1.82, 2.24) is 0 Å². The molecule has 0 fully saturated rings. The van der Waals surface area contributed by atoms with E-state index in [1.54, 1.807) is 0 Å². The Balaban J connectivity index is 2.89. The minimum absolute atomic E-state index is 0.484. The summed E-state index contributed by atoms with van der Waals surface area (Å²) in [5.74, 6) is 0.484. The molecule has 1 heteroatoms. The number of nitrogens with zero attached hydrogens (tertiary/aromatic N) is 1. The lowest BCUT2D eigenvalue weighted by Crippen LogP contribution is -2.12. The van der Waals surface area contributed by atoms with Crippen molar-refractivity contribution in [3.8, 4) is 0 Å². The molecule has 0 saturated carbocycles. The van der Waals surface area contributed by atoms with E-state index in [-0.39, 0.29) is 0 Å². The third kappa shape index (κ3) is 3.70. The van der Waals surface area contributed by atoms with Crippen molar-refractivity contribution < 1.29 is 0 Å². The van der Waals surface area contributed by atoms with E-state index in [2.05, 4.69) is 30.3 Å². The van der Waals surface area contributed by atoms with E-state index < -0.39 is 0 Å². The predicted molar refractivity (Wildman–Crippen MR) is 77.2 cm³/mol. The highest BCUT2D eigenvalue weighted by Gasteiger charge is 2.18. The van der Waals surface area contributed by atoms with E-state index in [1.165, 1.54) is 11.1 Å². The molecule has 0 spiro atoms.